The number of hydrogen-bond acceptors (Lipinski definition) is 7. The summed E-state index contributed by atoms with van der Waals surface area (Å²) in [6.07, 6.45) is 2.95. The van der Waals surface area contributed by atoms with Gasteiger partial charge in [-0.2, -0.15) is 10.1 Å². The minimum absolute atomic E-state index is 0.163. The van der Waals surface area contributed by atoms with Crippen LogP contribution >= 0.6 is 0 Å². The van der Waals surface area contributed by atoms with Gasteiger partial charge in [0, 0.05) is 12.6 Å². The first kappa shape index (κ1) is 15.1. The second-order valence-corrected chi connectivity index (χ2v) is 5.43. The molecule has 126 valence electrons. The van der Waals surface area contributed by atoms with Crippen LogP contribution in [0, 0.1) is 0 Å². The number of ether oxygens (including phenoxy) is 1. The van der Waals surface area contributed by atoms with Gasteiger partial charge in [-0.25, -0.2) is 4.98 Å². The molecule has 4 rings (SSSR count). The van der Waals surface area contributed by atoms with E-state index in [1.165, 1.54) is 17.1 Å². The van der Waals surface area contributed by atoms with Crippen LogP contribution in [0.15, 0.2) is 46.1 Å². The molecule has 1 aromatic carbocycles. The monoisotopic (exact) mass is 338 g/mol. The Morgan fingerprint density at radius 1 is 1.24 bits per heavy atom. The third-order valence-corrected chi connectivity index (χ3v) is 3.83. The van der Waals surface area contributed by atoms with Gasteiger partial charge in [0.1, 0.15) is 17.5 Å². The fraction of sp³-hybridized carbons (Fsp3) is 0.188. The van der Waals surface area contributed by atoms with E-state index in [0.29, 0.717) is 22.7 Å². The molecule has 9 nitrogen and oxygen atoms in total. The second-order valence-electron chi connectivity index (χ2n) is 5.43. The first-order valence-corrected chi connectivity index (χ1v) is 7.50. The molecule has 0 saturated heterocycles. The Morgan fingerprint density at radius 2 is 2.04 bits per heavy atom. The molecule has 0 amide bonds. The third kappa shape index (κ3) is 2.65. The summed E-state index contributed by atoms with van der Waals surface area (Å²) in [5, 5.41) is 8.42. The van der Waals surface area contributed by atoms with E-state index in [4.69, 9.17) is 9.26 Å². The molecule has 0 aliphatic rings. The maximum atomic E-state index is 12.5. The van der Waals surface area contributed by atoms with Gasteiger partial charge in [-0.15, -0.1) is 0 Å². The number of nitrogens with zero attached hydrogens (tertiary/aromatic N) is 6. The number of fused-ring (bicyclic) bond motifs is 1. The van der Waals surface area contributed by atoms with Crippen LogP contribution in [0.2, 0.25) is 0 Å². The molecule has 4 aromatic rings. The standard InChI is InChI=1S/C16H14N6O3/c1-21-14-12(7-18-21)16(23)22(9-17-14)8-13-19-15(25-20-13)10-3-5-11(24-2)6-4-10/h3-7,9H,8H2,1-2H3. The highest BCUT2D eigenvalue weighted by Crippen LogP contribution is 2.20. The van der Waals surface area contributed by atoms with E-state index in [0.717, 1.165) is 11.3 Å². The smallest absolute Gasteiger partial charge is 0.264 e. The van der Waals surface area contributed by atoms with Crippen LogP contribution < -0.4 is 10.3 Å². The Bertz CT molecular complexity index is 1090. The van der Waals surface area contributed by atoms with Crippen molar-refractivity contribution in [3.63, 3.8) is 0 Å². The van der Waals surface area contributed by atoms with Gasteiger partial charge in [-0.1, -0.05) is 5.16 Å². The minimum Gasteiger partial charge on any atom is -0.497 e. The number of hydrogen-bond donors (Lipinski definition) is 0. The van der Waals surface area contributed by atoms with Crippen molar-refractivity contribution < 1.29 is 9.26 Å². The van der Waals surface area contributed by atoms with Crippen LogP contribution in [-0.2, 0) is 13.6 Å². The summed E-state index contributed by atoms with van der Waals surface area (Å²) < 4.78 is 13.4. The van der Waals surface area contributed by atoms with E-state index in [1.807, 2.05) is 24.3 Å². The molecule has 0 N–H and O–H groups in total. The zero-order chi connectivity index (χ0) is 17.4. The molecule has 3 heterocycles. The normalized spacial score (nSPS) is 11.1. The second kappa shape index (κ2) is 5.86. The van der Waals surface area contributed by atoms with Crippen molar-refractivity contribution >= 4 is 11.0 Å². The average molecular weight is 338 g/mol. The molecular formula is C16H14N6O3. The molecule has 25 heavy (non-hydrogen) atoms. The van der Waals surface area contributed by atoms with E-state index < -0.39 is 0 Å². The van der Waals surface area contributed by atoms with E-state index in [9.17, 15) is 4.79 Å². The first-order chi connectivity index (χ1) is 12.2. The van der Waals surface area contributed by atoms with Crippen molar-refractivity contribution in [2.75, 3.05) is 7.11 Å². The molecule has 0 atom stereocenters. The summed E-state index contributed by atoms with van der Waals surface area (Å²) in [5.41, 5.74) is 1.11. The topological polar surface area (TPSA) is 101 Å². The molecule has 3 aromatic heterocycles. The lowest BCUT2D eigenvalue weighted by atomic mass is 10.2. The highest BCUT2D eigenvalue weighted by Gasteiger charge is 2.12. The minimum atomic E-state index is -0.200. The van der Waals surface area contributed by atoms with Gasteiger partial charge in [0.2, 0.25) is 0 Å². The maximum Gasteiger partial charge on any atom is 0.264 e. The lowest BCUT2D eigenvalue weighted by Crippen LogP contribution is -2.21. The number of aryl methyl sites for hydroxylation is 1. The van der Waals surface area contributed by atoms with Crippen LogP contribution in [0.3, 0.4) is 0 Å². The summed E-state index contributed by atoms with van der Waals surface area (Å²) in [4.78, 5) is 21.0. The van der Waals surface area contributed by atoms with Crippen LogP contribution in [-0.4, -0.2) is 36.6 Å². The lowest BCUT2D eigenvalue weighted by Gasteiger charge is -2.01. The summed E-state index contributed by atoms with van der Waals surface area (Å²) >= 11 is 0. The van der Waals surface area contributed by atoms with Crippen LogP contribution in [0.1, 0.15) is 5.82 Å². The van der Waals surface area contributed by atoms with Gasteiger partial charge in [0.15, 0.2) is 11.5 Å². The fourth-order valence-corrected chi connectivity index (χ4v) is 2.50. The lowest BCUT2D eigenvalue weighted by molar-refractivity contribution is 0.413. The molecule has 0 unspecified atom stereocenters. The summed E-state index contributed by atoms with van der Waals surface area (Å²) in [5.74, 6) is 1.50. The zero-order valence-electron chi connectivity index (χ0n) is 13.6. The number of aromatic nitrogens is 6. The predicted octanol–water partition coefficient (Wildman–Crippen LogP) is 1.24. The van der Waals surface area contributed by atoms with Crippen molar-refractivity contribution in [1.82, 2.24) is 29.5 Å². The zero-order valence-corrected chi connectivity index (χ0v) is 13.6. The summed E-state index contributed by atoms with van der Waals surface area (Å²) in [7, 11) is 3.34. The van der Waals surface area contributed by atoms with Crippen molar-refractivity contribution in [3.05, 3.63) is 53.0 Å². The van der Waals surface area contributed by atoms with Crippen LogP contribution in [0.4, 0.5) is 0 Å². The highest BCUT2D eigenvalue weighted by molar-refractivity contribution is 5.72. The average Bonchev–Trinajstić information content (AvgIpc) is 3.25. The molecule has 0 radical (unpaired) electrons. The predicted molar refractivity (Wildman–Crippen MR) is 88.2 cm³/mol. The maximum absolute atomic E-state index is 12.5. The molecule has 0 fully saturated rings. The highest BCUT2D eigenvalue weighted by atomic mass is 16.5. The van der Waals surface area contributed by atoms with E-state index in [2.05, 4.69) is 20.2 Å². The molecule has 0 bridgehead atoms. The fourth-order valence-electron chi connectivity index (χ4n) is 2.50. The SMILES string of the molecule is COc1ccc(-c2nc(Cn3cnc4c(cnn4C)c3=O)no2)cc1. The van der Waals surface area contributed by atoms with Gasteiger partial charge >= 0.3 is 0 Å². The number of benzene rings is 1. The van der Waals surface area contributed by atoms with Crippen molar-refractivity contribution in [2.45, 2.75) is 6.54 Å². The number of methoxy groups -OCH3 is 1. The molecule has 0 aliphatic heterocycles. The molecule has 0 aliphatic carbocycles. The first-order valence-electron chi connectivity index (χ1n) is 7.50. The molecule has 0 saturated carbocycles. The number of rotatable bonds is 4. The Balaban J connectivity index is 1.62. The summed E-state index contributed by atoms with van der Waals surface area (Å²) in [6, 6.07) is 7.27. The molecule has 0 spiro atoms. The Kier molecular flexibility index (Phi) is 3.53. The van der Waals surface area contributed by atoms with Crippen molar-refractivity contribution in [2.24, 2.45) is 7.05 Å². The Labute approximate surface area is 141 Å². The van der Waals surface area contributed by atoms with Gasteiger partial charge in [0.25, 0.3) is 11.4 Å². The largest absolute Gasteiger partial charge is 0.497 e. The summed E-state index contributed by atoms with van der Waals surface area (Å²) in [6.45, 7) is 0.163. The van der Waals surface area contributed by atoms with Gasteiger partial charge < -0.3 is 9.26 Å². The quantitative estimate of drug-likeness (QED) is 0.551. The van der Waals surface area contributed by atoms with Crippen LogP contribution in [0.25, 0.3) is 22.5 Å². The van der Waals surface area contributed by atoms with Gasteiger partial charge in [0.05, 0.1) is 19.9 Å². The third-order valence-electron chi connectivity index (χ3n) is 3.83. The van der Waals surface area contributed by atoms with Crippen molar-refractivity contribution in [3.8, 4) is 17.2 Å². The van der Waals surface area contributed by atoms with E-state index in [-0.39, 0.29) is 12.1 Å². The van der Waals surface area contributed by atoms with E-state index >= 15 is 0 Å². The molecule has 9 heteroatoms. The van der Waals surface area contributed by atoms with Crippen LogP contribution in [0.5, 0.6) is 5.75 Å². The Hall–Kier alpha value is -3.49. The van der Waals surface area contributed by atoms with Gasteiger partial charge in [-0.3, -0.25) is 14.0 Å². The van der Waals surface area contributed by atoms with Gasteiger partial charge in [-0.05, 0) is 24.3 Å². The Morgan fingerprint density at radius 3 is 2.80 bits per heavy atom. The van der Waals surface area contributed by atoms with Crippen molar-refractivity contribution in [1.29, 1.82) is 0 Å². The van der Waals surface area contributed by atoms with E-state index in [1.54, 1.807) is 18.8 Å². The molecular weight excluding hydrogens is 324 g/mol.